The average Bonchev–Trinajstić information content (AvgIpc) is 2.98. The summed E-state index contributed by atoms with van der Waals surface area (Å²) in [6, 6.07) is 5.55. The summed E-state index contributed by atoms with van der Waals surface area (Å²) in [5.41, 5.74) is 0.871. The molecule has 0 spiro atoms. The SMILES string of the molecule is O[C@@H]1CCCN(Cc2cc(-c3ccco3)on2)C1. The second-order valence-electron chi connectivity index (χ2n) is 4.69. The van der Waals surface area contributed by atoms with Gasteiger partial charge in [0.25, 0.3) is 0 Å². The number of aliphatic hydroxyl groups is 1. The van der Waals surface area contributed by atoms with Crippen LogP contribution in [0.4, 0.5) is 0 Å². The molecule has 1 N–H and O–H groups in total. The maximum Gasteiger partial charge on any atom is 0.202 e. The number of hydrogen-bond acceptors (Lipinski definition) is 5. The van der Waals surface area contributed by atoms with Crippen LogP contribution in [0, 0.1) is 0 Å². The minimum atomic E-state index is -0.213. The lowest BCUT2D eigenvalue weighted by Crippen LogP contribution is -2.37. The Morgan fingerprint density at radius 3 is 3.17 bits per heavy atom. The first kappa shape index (κ1) is 11.5. The summed E-state index contributed by atoms with van der Waals surface area (Å²) in [6.45, 7) is 2.42. The van der Waals surface area contributed by atoms with Crippen molar-refractivity contribution in [3.05, 3.63) is 30.2 Å². The van der Waals surface area contributed by atoms with E-state index in [1.54, 1.807) is 6.26 Å². The Labute approximate surface area is 105 Å². The van der Waals surface area contributed by atoms with Crippen LogP contribution in [-0.2, 0) is 6.54 Å². The van der Waals surface area contributed by atoms with Crippen molar-refractivity contribution in [1.82, 2.24) is 10.1 Å². The predicted molar refractivity (Wildman–Crippen MR) is 64.7 cm³/mol. The van der Waals surface area contributed by atoms with Crippen LogP contribution in [0.15, 0.2) is 33.4 Å². The molecular weight excluding hydrogens is 232 g/mol. The highest BCUT2D eigenvalue weighted by atomic mass is 16.5. The fraction of sp³-hybridized carbons (Fsp3) is 0.462. The van der Waals surface area contributed by atoms with Gasteiger partial charge >= 0.3 is 0 Å². The molecule has 0 aliphatic carbocycles. The Balaban J connectivity index is 1.66. The molecule has 0 amide bonds. The van der Waals surface area contributed by atoms with Crippen LogP contribution in [0.1, 0.15) is 18.5 Å². The van der Waals surface area contributed by atoms with Crippen molar-refractivity contribution >= 4 is 0 Å². The fourth-order valence-electron chi connectivity index (χ4n) is 2.33. The van der Waals surface area contributed by atoms with Gasteiger partial charge in [-0.1, -0.05) is 5.16 Å². The lowest BCUT2D eigenvalue weighted by Gasteiger charge is -2.28. The van der Waals surface area contributed by atoms with Crippen molar-refractivity contribution in [1.29, 1.82) is 0 Å². The van der Waals surface area contributed by atoms with Crippen LogP contribution in [0.5, 0.6) is 0 Å². The van der Waals surface area contributed by atoms with Crippen molar-refractivity contribution in [3.8, 4) is 11.5 Å². The van der Waals surface area contributed by atoms with Gasteiger partial charge in [0.05, 0.1) is 18.1 Å². The third-order valence-electron chi connectivity index (χ3n) is 3.19. The van der Waals surface area contributed by atoms with E-state index in [4.69, 9.17) is 8.94 Å². The van der Waals surface area contributed by atoms with Gasteiger partial charge in [0.15, 0.2) is 5.76 Å². The van der Waals surface area contributed by atoms with Gasteiger partial charge in [0.2, 0.25) is 5.76 Å². The summed E-state index contributed by atoms with van der Waals surface area (Å²) >= 11 is 0. The second-order valence-corrected chi connectivity index (χ2v) is 4.69. The highest BCUT2D eigenvalue weighted by Crippen LogP contribution is 2.21. The van der Waals surface area contributed by atoms with Crippen molar-refractivity contribution < 1.29 is 14.0 Å². The van der Waals surface area contributed by atoms with Crippen molar-refractivity contribution in [2.75, 3.05) is 13.1 Å². The van der Waals surface area contributed by atoms with Gasteiger partial charge in [0, 0.05) is 19.2 Å². The molecule has 1 fully saturated rings. The standard InChI is InChI=1S/C13H16N2O3/c16-11-3-1-5-15(9-11)8-10-7-13(18-14-10)12-4-2-6-17-12/h2,4,6-7,11,16H,1,3,5,8-9H2/t11-/m1/s1. The van der Waals surface area contributed by atoms with Crippen LogP contribution < -0.4 is 0 Å². The van der Waals surface area contributed by atoms with E-state index in [9.17, 15) is 5.11 Å². The monoisotopic (exact) mass is 248 g/mol. The third kappa shape index (κ3) is 2.47. The van der Waals surface area contributed by atoms with Gasteiger partial charge < -0.3 is 14.0 Å². The summed E-state index contributed by atoms with van der Waals surface area (Å²) in [5.74, 6) is 1.33. The first-order valence-corrected chi connectivity index (χ1v) is 6.21. The molecule has 0 aromatic carbocycles. The third-order valence-corrected chi connectivity index (χ3v) is 3.19. The number of β-amino-alcohol motifs (C(OH)–C–C–N with tert-alkyl or cyclic N) is 1. The number of rotatable bonds is 3. The lowest BCUT2D eigenvalue weighted by molar-refractivity contribution is 0.0657. The number of aliphatic hydroxyl groups excluding tert-OH is 1. The quantitative estimate of drug-likeness (QED) is 0.898. The van der Waals surface area contributed by atoms with Crippen LogP contribution >= 0.6 is 0 Å². The van der Waals surface area contributed by atoms with Crippen LogP contribution in [-0.4, -0.2) is 34.4 Å². The lowest BCUT2D eigenvalue weighted by atomic mass is 10.1. The summed E-state index contributed by atoms with van der Waals surface area (Å²) in [6.07, 6.45) is 3.32. The van der Waals surface area contributed by atoms with Gasteiger partial charge in [-0.25, -0.2) is 0 Å². The molecule has 0 saturated carbocycles. The molecule has 2 aromatic heterocycles. The second kappa shape index (κ2) is 4.96. The van der Waals surface area contributed by atoms with E-state index in [-0.39, 0.29) is 6.10 Å². The zero-order valence-corrected chi connectivity index (χ0v) is 10.1. The Bertz CT molecular complexity index is 492. The number of piperidine rings is 1. The number of hydrogen-bond donors (Lipinski definition) is 1. The van der Waals surface area contributed by atoms with E-state index in [0.29, 0.717) is 24.6 Å². The first-order valence-electron chi connectivity index (χ1n) is 6.21. The van der Waals surface area contributed by atoms with Gasteiger partial charge in [0.1, 0.15) is 0 Å². The molecule has 0 bridgehead atoms. The number of nitrogens with zero attached hydrogens (tertiary/aromatic N) is 2. The van der Waals surface area contributed by atoms with E-state index in [0.717, 1.165) is 25.1 Å². The van der Waals surface area contributed by atoms with Gasteiger partial charge in [-0.15, -0.1) is 0 Å². The summed E-state index contributed by atoms with van der Waals surface area (Å²) in [7, 11) is 0. The summed E-state index contributed by atoms with van der Waals surface area (Å²) in [4.78, 5) is 2.19. The number of likely N-dealkylation sites (tertiary alicyclic amines) is 1. The fourth-order valence-corrected chi connectivity index (χ4v) is 2.33. The number of furan rings is 1. The maximum atomic E-state index is 9.61. The van der Waals surface area contributed by atoms with Crippen molar-refractivity contribution in [3.63, 3.8) is 0 Å². The molecule has 2 aromatic rings. The van der Waals surface area contributed by atoms with Gasteiger partial charge in [-0.05, 0) is 31.5 Å². The Morgan fingerprint density at radius 1 is 1.44 bits per heavy atom. The molecule has 1 aliphatic heterocycles. The van der Waals surface area contributed by atoms with Crippen LogP contribution in [0.3, 0.4) is 0 Å². The van der Waals surface area contributed by atoms with Crippen LogP contribution in [0.25, 0.3) is 11.5 Å². The Hall–Kier alpha value is -1.59. The van der Waals surface area contributed by atoms with Gasteiger partial charge in [-0.3, -0.25) is 4.90 Å². The van der Waals surface area contributed by atoms with Crippen molar-refractivity contribution in [2.24, 2.45) is 0 Å². The molecule has 0 unspecified atom stereocenters. The molecule has 5 nitrogen and oxygen atoms in total. The Morgan fingerprint density at radius 2 is 2.39 bits per heavy atom. The summed E-state index contributed by atoms with van der Waals surface area (Å²) in [5, 5.41) is 13.6. The molecule has 96 valence electrons. The number of aromatic nitrogens is 1. The van der Waals surface area contributed by atoms with E-state index in [1.807, 2.05) is 18.2 Å². The molecule has 5 heteroatoms. The largest absolute Gasteiger partial charge is 0.461 e. The van der Waals surface area contributed by atoms with Gasteiger partial charge in [-0.2, -0.15) is 0 Å². The topological polar surface area (TPSA) is 62.6 Å². The first-order chi connectivity index (χ1) is 8.81. The van der Waals surface area contributed by atoms with Crippen molar-refractivity contribution in [2.45, 2.75) is 25.5 Å². The van der Waals surface area contributed by atoms with E-state index >= 15 is 0 Å². The Kier molecular flexibility index (Phi) is 3.17. The molecule has 18 heavy (non-hydrogen) atoms. The van der Waals surface area contributed by atoms with Crippen LogP contribution in [0.2, 0.25) is 0 Å². The highest BCUT2D eigenvalue weighted by molar-refractivity contribution is 5.49. The van der Waals surface area contributed by atoms with E-state index < -0.39 is 0 Å². The highest BCUT2D eigenvalue weighted by Gasteiger charge is 2.19. The molecule has 1 saturated heterocycles. The van der Waals surface area contributed by atoms with E-state index in [1.165, 1.54) is 0 Å². The smallest absolute Gasteiger partial charge is 0.202 e. The minimum absolute atomic E-state index is 0.213. The molecule has 3 heterocycles. The normalized spacial score (nSPS) is 21.3. The van der Waals surface area contributed by atoms with E-state index in [2.05, 4.69) is 10.1 Å². The molecule has 0 radical (unpaired) electrons. The zero-order chi connectivity index (χ0) is 12.4. The zero-order valence-electron chi connectivity index (χ0n) is 10.1. The molecule has 3 rings (SSSR count). The molecule has 1 atom stereocenters. The molecule has 1 aliphatic rings. The summed E-state index contributed by atoms with van der Waals surface area (Å²) < 4.78 is 10.5. The minimum Gasteiger partial charge on any atom is -0.461 e. The predicted octanol–water partition coefficient (Wildman–Crippen LogP) is 1.89. The average molecular weight is 248 g/mol. The maximum absolute atomic E-state index is 9.61. The molecular formula is C13H16N2O3.